The number of hydrogen-bond acceptors (Lipinski definition) is 4. The SMILES string of the molecule is NCc1sccc1S(=O)(=O)NC1(C(F)(F)F)CC1. The molecule has 2 rings (SSSR count). The Balaban J connectivity index is 2.29. The zero-order chi connectivity index (χ0) is 13.6. The number of thiophene rings is 1. The van der Waals surface area contributed by atoms with Crippen LogP contribution in [0.25, 0.3) is 0 Å². The Morgan fingerprint density at radius 2 is 2.06 bits per heavy atom. The van der Waals surface area contributed by atoms with E-state index in [1.54, 1.807) is 4.72 Å². The van der Waals surface area contributed by atoms with Crippen LogP contribution in [-0.2, 0) is 16.6 Å². The molecule has 4 nitrogen and oxygen atoms in total. The number of alkyl halides is 3. The summed E-state index contributed by atoms with van der Waals surface area (Å²) in [6.45, 7) is -0.0209. The molecule has 0 atom stereocenters. The molecular formula is C9H11F3N2O2S2. The summed E-state index contributed by atoms with van der Waals surface area (Å²) in [5, 5.41) is 1.49. The van der Waals surface area contributed by atoms with Crippen LogP contribution in [0.15, 0.2) is 16.3 Å². The van der Waals surface area contributed by atoms with Crippen LogP contribution in [0.1, 0.15) is 17.7 Å². The van der Waals surface area contributed by atoms with Gasteiger partial charge in [0.2, 0.25) is 10.0 Å². The average molecular weight is 300 g/mol. The molecular weight excluding hydrogens is 289 g/mol. The lowest BCUT2D eigenvalue weighted by Crippen LogP contribution is -2.47. The fraction of sp³-hybridized carbons (Fsp3) is 0.556. The number of rotatable bonds is 4. The largest absolute Gasteiger partial charge is 0.407 e. The van der Waals surface area contributed by atoms with Gasteiger partial charge in [-0.3, -0.25) is 0 Å². The van der Waals surface area contributed by atoms with Crippen molar-refractivity contribution in [3.63, 3.8) is 0 Å². The van der Waals surface area contributed by atoms with E-state index in [4.69, 9.17) is 5.73 Å². The summed E-state index contributed by atoms with van der Waals surface area (Å²) in [5.74, 6) is 0. The Kier molecular flexibility index (Phi) is 3.21. The van der Waals surface area contributed by atoms with Crippen LogP contribution < -0.4 is 10.5 Å². The Labute approximate surface area is 106 Å². The fourth-order valence-corrected chi connectivity index (χ4v) is 4.38. The van der Waals surface area contributed by atoms with Crippen molar-refractivity contribution in [3.8, 4) is 0 Å². The van der Waals surface area contributed by atoms with E-state index in [0.717, 1.165) is 11.3 Å². The van der Waals surface area contributed by atoms with E-state index in [0.29, 0.717) is 4.88 Å². The first-order valence-corrected chi connectivity index (χ1v) is 7.45. The number of nitrogens with two attached hydrogens (primary N) is 1. The van der Waals surface area contributed by atoms with Gasteiger partial charge in [0.15, 0.2) is 0 Å². The minimum absolute atomic E-state index is 0.0209. The van der Waals surface area contributed by atoms with Crippen molar-refractivity contribution in [2.45, 2.75) is 36.0 Å². The second-order valence-electron chi connectivity index (χ2n) is 4.10. The molecule has 3 N–H and O–H groups in total. The molecule has 0 aliphatic heterocycles. The predicted molar refractivity (Wildman–Crippen MR) is 60.6 cm³/mol. The van der Waals surface area contributed by atoms with Crippen molar-refractivity contribution in [2.75, 3.05) is 0 Å². The summed E-state index contributed by atoms with van der Waals surface area (Å²) in [6.07, 6.45) is -5.02. The monoisotopic (exact) mass is 300 g/mol. The quantitative estimate of drug-likeness (QED) is 0.887. The van der Waals surface area contributed by atoms with Crippen LogP contribution in [0.5, 0.6) is 0 Å². The van der Waals surface area contributed by atoms with Crippen LogP contribution in [-0.4, -0.2) is 20.1 Å². The minimum atomic E-state index is -4.57. The summed E-state index contributed by atoms with van der Waals surface area (Å²) in [5.41, 5.74) is 3.06. The number of halogens is 3. The highest BCUT2D eigenvalue weighted by atomic mass is 32.2. The molecule has 1 heterocycles. The first-order chi connectivity index (χ1) is 8.22. The Morgan fingerprint density at radius 3 is 2.50 bits per heavy atom. The topological polar surface area (TPSA) is 72.2 Å². The zero-order valence-corrected chi connectivity index (χ0v) is 10.8. The van der Waals surface area contributed by atoms with E-state index in [2.05, 4.69) is 0 Å². The van der Waals surface area contributed by atoms with Crippen molar-refractivity contribution in [1.82, 2.24) is 4.72 Å². The molecule has 9 heteroatoms. The van der Waals surface area contributed by atoms with Gasteiger partial charge in [0.25, 0.3) is 0 Å². The summed E-state index contributed by atoms with van der Waals surface area (Å²) in [7, 11) is -4.18. The summed E-state index contributed by atoms with van der Waals surface area (Å²) >= 11 is 1.10. The van der Waals surface area contributed by atoms with E-state index in [-0.39, 0.29) is 24.3 Å². The fourth-order valence-electron chi connectivity index (χ4n) is 1.60. The Hall–Kier alpha value is -0.640. The second kappa shape index (κ2) is 4.19. The van der Waals surface area contributed by atoms with Gasteiger partial charge in [-0.1, -0.05) is 0 Å². The molecule has 18 heavy (non-hydrogen) atoms. The van der Waals surface area contributed by atoms with E-state index in [9.17, 15) is 21.6 Å². The maximum absolute atomic E-state index is 12.7. The van der Waals surface area contributed by atoms with Gasteiger partial charge < -0.3 is 5.73 Å². The second-order valence-corrected chi connectivity index (χ2v) is 6.75. The maximum Gasteiger partial charge on any atom is 0.407 e. The van der Waals surface area contributed by atoms with Gasteiger partial charge >= 0.3 is 6.18 Å². The molecule has 0 spiro atoms. The highest BCUT2D eigenvalue weighted by Gasteiger charge is 2.65. The number of sulfonamides is 1. The van der Waals surface area contributed by atoms with Crippen molar-refractivity contribution in [1.29, 1.82) is 0 Å². The van der Waals surface area contributed by atoms with Crippen LogP contribution >= 0.6 is 11.3 Å². The average Bonchev–Trinajstić information content (AvgIpc) is 2.86. The summed E-state index contributed by atoms with van der Waals surface area (Å²) in [6, 6.07) is 1.27. The van der Waals surface area contributed by atoms with Crippen molar-refractivity contribution in [2.24, 2.45) is 5.73 Å². The molecule has 0 aromatic carbocycles. The van der Waals surface area contributed by atoms with Gasteiger partial charge in [-0.2, -0.15) is 17.9 Å². The summed E-state index contributed by atoms with van der Waals surface area (Å²) < 4.78 is 63.7. The maximum atomic E-state index is 12.7. The van der Waals surface area contributed by atoms with Crippen molar-refractivity contribution in [3.05, 3.63) is 16.3 Å². The first kappa shape index (κ1) is 13.8. The smallest absolute Gasteiger partial charge is 0.326 e. The van der Waals surface area contributed by atoms with Crippen LogP contribution in [0, 0.1) is 0 Å². The molecule has 0 radical (unpaired) electrons. The van der Waals surface area contributed by atoms with Crippen molar-refractivity contribution < 1.29 is 21.6 Å². The molecule has 1 aromatic rings. The van der Waals surface area contributed by atoms with Gasteiger partial charge in [0, 0.05) is 11.4 Å². The standard InChI is InChI=1S/C9H11F3N2O2S2/c10-9(11,12)8(2-3-8)14-18(15,16)7-1-4-17-6(7)5-13/h1,4,14H,2-3,5,13H2. The molecule has 1 saturated carbocycles. The summed E-state index contributed by atoms with van der Waals surface area (Å²) in [4.78, 5) is 0.186. The Morgan fingerprint density at radius 1 is 1.44 bits per heavy atom. The van der Waals surface area contributed by atoms with Gasteiger partial charge in [0.1, 0.15) is 5.54 Å². The molecule has 0 unspecified atom stereocenters. The lowest BCUT2D eigenvalue weighted by Gasteiger charge is -2.20. The van der Waals surface area contributed by atoms with Crippen molar-refractivity contribution >= 4 is 21.4 Å². The molecule has 0 amide bonds. The van der Waals surface area contributed by atoms with Gasteiger partial charge in [-0.25, -0.2) is 8.42 Å². The molecule has 1 fully saturated rings. The number of hydrogen-bond donors (Lipinski definition) is 2. The lowest BCUT2D eigenvalue weighted by molar-refractivity contribution is -0.160. The van der Waals surface area contributed by atoms with Gasteiger partial charge in [0.05, 0.1) is 4.90 Å². The molecule has 1 aliphatic rings. The molecule has 102 valence electrons. The molecule has 1 aliphatic carbocycles. The van der Waals surface area contributed by atoms with E-state index >= 15 is 0 Å². The normalized spacial score (nSPS) is 18.9. The Bertz CT molecular complexity index is 546. The molecule has 1 aromatic heterocycles. The third-order valence-corrected chi connectivity index (χ3v) is 5.50. The number of nitrogens with one attached hydrogen (secondary N) is 1. The lowest BCUT2D eigenvalue weighted by atomic mass is 10.3. The minimum Gasteiger partial charge on any atom is -0.326 e. The molecule has 0 bridgehead atoms. The van der Waals surface area contributed by atoms with Crippen LogP contribution in [0.2, 0.25) is 0 Å². The highest BCUT2D eigenvalue weighted by molar-refractivity contribution is 7.89. The van der Waals surface area contributed by atoms with Gasteiger partial charge in [-0.15, -0.1) is 11.3 Å². The third kappa shape index (κ3) is 2.27. The van der Waals surface area contributed by atoms with Crippen LogP contribution in [0.4, 0.5) is 13.2 Å². The van der Waals surface area contributed by atoms with E-state index in [1.165, 1.54) is 11.4 Å². The van der Waals surface area contributed by atoms with Crippen LogP contribution in [0.3, 0.4) is 0 Å². The highest BCUT2D eigenvalue weighted by Crippen LogP contribution is 2.49. The zero-order valence-electron chi connectivity index (χ0n) is 9.12. The first-order valence-electron chi connectivity index (χ1n) is 5.09. The molecule has 0 saturated heterocycles. The van der Waals surface area contributed by atoms with E-state index in [1.807, 2.05) is 0 Å². The predicted octanol–water partition coefficient (Wildman–Crippen LogP) is 1.58. The third-order valence-electron chi connectivity index (χ3n) is 2.80. The van der Waals surface area contributed by atoms with Gasteiger partial charge in [-0.05, 0) is 24.3 Å². The van der Waals surface area contributed by atoms with E-state index < -0.39 is 21.7 Å².